The standard InChI is InChI=1S/C27H30N4O4S.ClH/c1-18-7-8-19(2)26-24(18)29-27(36-26)31(13-6-12-30-14-11-28-17-30)23(32)10-9-20-15-21(33-3)25(35-5)22(16-20)34-4;/h7-11,14-17H,6,12-13H2,1-5H3;1H/b10-9+;. The number of aromatic nitrogens is 3. The molecule has 4 rings (SSSR count). The van der Waals surface area contributed by atoms with Gasteiger partial charge in [-0.2, -0.15) is 0 Å². The van der Waals surface area contributed by atoms with E-state index < -0.39 is 0 Å². The van der Waals surface area contributed by atoms with Gasteiger partial charge in [-0.1, -0.05) is 23.5 Å². The number of hydrogen-bond acceptors (Lipinski definition) is 7. The van der Waals surface area contributed by atoms with Crippen LogP contribution in [0.3, 0.4) is 0 Å². The number of benzene rings is 2. The molecular formula is C27H31ClN4O4S. The third kappa shape index (κ3) is 6.23. The van der Waals surface area contributed by atoms with E-state index in [1.54, 1.807) is 74.4 Å². The SMILES string of the molecule is COc1cc(/C=C/C(=O)N(CCCn2ccnc2)c2nc3c(C)ccc(C)c3s2)cc(OC)c1OC.Cl. The summed E-state index contributed by atoms with van der Waals surface area (Å²) in [6.45, 7) is 5.39. The molecule has 0 spiro atoms. The van der Waals surface area contributed by atoms with Crippen LogP contribution in [0.4, 0.5) is 5.13 Å². The van der Waals surface area contributed by atoms with Gasteiger partial charge < -0.3 is 18.8 Å². The number of rotatable bonds is 10. The number of amides is 1. The van der Waals surface area contributed by atoms with E-state index >= 15 is 0 Å². The van der Waals surface area contributed by atoms with Crippen molar-refractivity contribution in [2.24, 2.45) is 0 Å². The lowest BCUT2D eigenvalue weighted by molar-refractivity contribution is -0.114. The van der Waals surface area contributed by atoms with Gasteiger partial charge in [0.15, 0.2) is 16.6 Å². The third-order valence-electron chi connectivity index (χ3n) is 5.89. The fraction of sp³-hybridized carbons (Fsp3) is 0.296. The number of imidazole rings is 1. The number of nitrogens with zero attached hydrogens (tertiary/aromatic N) is 4. The van der Waals surface area contributed by atoms with E-state index in [4.69, 9.17) is 19.2 Å². The number of halogens is 1. The molecule has 2 aromatic heterocycles. The highest BCUT2D eigenvalue weighted by atomic mass is 35.5. The van der Waals surface area contributed by atoms with E-state index in [1.165, 1.54) is 0 Å². The fourth-order valence-electron chi connectivity index (χ4n) is 3.95. The number of hydrogen-bond donors (Lipinski definition) is 0. The maximum absolute atomic E-state index is 13.5. The Morgan fingerprint density at radius 1 is 1.08 bits per heavy atom. The zero-order valence-electron chi connectivity index (χ0n) is 21.6. The number of methoxy groups -OCH3 is 3. The first kappa shape index (κ1) is 28.0. The van der Waals surface area contributed by atoms with Gasteiger partial charge in [0.1, 0.15) is 0 Å². The largest absolute Gasteiger partial charge is 0.493 e. The molecule has 0 N–H and O–H groups in total. The molecule has 0 aliphatic rings. The Kier molecular flexibility index (Phi) is 9.54. The van der Waals surface area contributed by atoms with Crippen LogP contribution < -0.4 is 19.1 Å². The molecule has 0 radical (unpaired) electrons. The summed E-state index contributed by atoms with van der Waals surface area (Å²) in [5.41, 5.74) is 3.94. The summed E-state index contributed by atoms with van der Waals surface area (Å²) in [4.78, 5) is 24.2. The van der Waals surface area contributed by atoms with Gasteiger partial charge in [0.05, 0.1) is 37.9 Å². The molecule has 0 saturated heterocycles. The van der Waals surface area contributed by atoms with Crippen LogP contribution in [0.2, 0.25) is 0 Å². The quantitative estimate of drug-likeness (QED) is 0.239. The van der Waals surface area contributed by atoms with Crippen LogP contribution in [-0.4, -0.2) is 48.3 Å². The molecular weight excluding hydrogens is 512 g/mol. The van der Waals surface area contributed by atoms with E-state index in [-0.39, 0.29) is 18.3 Å². The number of fused-ring (bicyclic) bond motifs is 1. The van der Waals surface area contributed by atoms with Gasteiger partial charge in [-0.3, -0.25) is 9.69 Å². The minimum absolute atomic E-state index is 0. The highest BCUT2D eigenvalue weighted by Gasteiger charge is 2.20. The number of carbonyl (C=O) groups is 1. The van der Waals surface area contributed by atoms with Crippen LogP contribution in [0.15, 0.2) is 49.1 Å². The van der Waals surface area contributed by atoms with Crippen molar-refractivity contribution in [3.8, 4) is 17.2 Å². The van der Waals surface area contributed by atoms with Gasteiger partial charge >= 0.3 is 0 Å². The monoisotopic (exact) mass is 542 g/mol. The van der Waals surface area contributed by atoms with Gasteiger partial charge in [-0.15, -0.1) is 12.4 Å². The minimum atomic E-state index is -0.149. The lowest BCUT2D eigenvalue weighted by Gasteiger charge is -2.18. The Morgan fingerprint density at radius 3 is 2.38 bits per heavy atom. The van der Waals surface area contributed by atoms with Gasteiger partial charge in [-0.25, -0.2) is 9.97 Å². The summed E-state index contributed by atoms with van der Waals surface area (Å²) >= 11 is 1.55. The molecule has 37 heavy (non-hydrogen) atoms. The van der Waals surface area contributed by atoms with E-state index in [9.17, 15) is 4.79 Å². The first-order valence-corrected chi connectivity index (χ1v) is 12.4. The summed E-state index contributed by atoms with van der Waals surface area (Å²) in [6, 6.07) is 7.77. The number of aryl methyl sites for hydroxylation is 3. The van der Waals surface area contributed by atoms with Crippen molar-refractivity contribution in [1.29, 1.82) is 0 Å². The van der Waals surface area contributed by atoms with E-state index in [0.717, 1.165) is 39.9 Å². The summed E-state index contributed by atoms with van der Waals surface area (Å²) in [5.74, 6) is 1.41. The molecule has 1 amide bonds. The summed E-state index contributed by atoms with van der Waals surface area (Å²) < 4.78 is 19.4. The van der Waals surface area contributed by atoms with E-state index in [0.29, 0.717) is 28.9 Å². The van der Waals surface area contributed by atoms with Crippen LogP contribution in [0, 0.1) is 13.8 Å². The minimum Gasteiger partial charge on any atom is -0.493 e. The maximum Gasteiger partial charge on any atom is 0.252 e. The van der Waals surface area contributed by atoms with Crippen molar-refractivity contribution < 1.29 is 19.0 Å². The first-order valence-electron chi connectivity index (χ1n) is 11.6. The summed E-state index contributed by atoms with van der Waals surface area (Å²) in [7, 11) is 4.69. The molecule has 8 nitrogen and oxygen atoms in total. The van der Waals surface area contributed by atoms with Gasteiger partial charge in [0.25, 0.3) is 5.91 Å². The topological polar surface area (TPSA) is 78.7 Å². The smallest absolute Gasteiger partial charge is 0.252 e. The molecule has 2 heterocycles. The second kappa shape index (κ2) is 12.6. The maximum atomic E-state index is 13.5. The van der Waals surface area contributed by atoms with Crippen molar-refractivity contribution in [2.75, 3.05) is 32.8 Å². The molecule has 10 heteroatoms. The van der Waals surface area contributed by atoms with Crippen LogP contribution in [-0.2, 0) is 11.3 Å². The Morgan fingerprint density at radius 2 is 1.78 bits per heavy atom. The van der Waals surface area contributed by atoms with Gasteiger partial charge in [-0.05, 0) is 55.2 Å². The number of anilines is 1. The fourth-order valence-corrected chi connectivity index (χ4v) is 5.09. The summed E-state index contributed by atoms with van der Waals surface area (Å²) in [5, 5.41) is 0.688. The number of ether oxygens (including phenoxy) is 3. The van der Waals surface area contributed by atoms with Crippen molar-refractivity contribution >= 4 is 51.1 Å². The highest BCUT2D eigenvalue weighted by Crippen LogP contribution is 2.38. The summed E-state index contributed by atoms with van der Waals surface area (Å²) in [6.07, 6.45) is 9.52. The normalized spacial score (nSPS) is 10.9. The Balaban J connectivity index is 0.00000380. The molecule has 0 aliphatic heterocycles. The van der Waals surface area contributed by atoms with Crippen LogP contribution in [0.25, 0.3) is 16.3 Å². The molecule has 0 saturated carbocycles. The molecule has 196 valence electrons. The van der Waals surface area contributed by atoms with Crippen LogP contribution in [0.5, 0.6) is 17.2 Å². The third-order valence-corrected chi connectivity index (χ3v) is 7.10. The second-order valence-electron chi connectivity index (χ2n) is 8.31. The van der Waals surface area contributed by atoms with Crippen LogP contribution >= 0.6 is 23.7 Å². The predicted octanol–water partition coefficient (Wildman–Crippen LogP) is 5.69. The number of thiazole rings is 1. The van der Waals surface area contributed by atoms with Crippen molar-refractivity contribution in [2.45, 2.75) is 26.8 Å². The van der Waals surface area contributed by atoms with E-state index in [2.05, 4.69) is 24.0 Å². The Bertz CT molecular complexity index is 1320. The first-order chi connectivity index (χ1) is 17.4. The Labute approximate surface area is 226 Å². The lowest BCUT2D eigenvalue weighted by Crippen LogP contribution is -2.30. The van der Waals surface area contributed by atoms with E-state index in [1.807, 2.05) is 17.7 Å². The van der Waals surface area contributed by atoms with Gasteiger partial charge in [0, 0.05) is 31.6 Å². The average Bonchev–Trinajstić information content (AvgIpc) is 3.57. The van der Waals surface area contributed by atoms with Crippen molar-refractivity contribution in [1.82, 2.24) is 14.5 Å². The zero-order valence-corrected chi connectivity index (χ0v) is 23.2. The molecule has 0 aliphatic carbocycles. The van der Waals surface area contributed by atoms with Gasteiger partial charge in [0.2, 0.25) is 5.75 Å². The molecule has 2 aromatic carbocycles. The average molecular weight is 543 g/mol. The van der Waals surface area contributed by atoms with Crippen LogP contribution in [0.1, 0.15) is 23.1 Å². The Hall–Kier alpha value is -3.56. The zero-order chi connectivity index (χ0) is 25.7. The highest BCUT2D eigenvalue weighted by molar-refractivity contribution is 7.22. The molecule has 0 atom stereocenters. The van der Waals surface area contributed by atoms with Crippen molar-refractivity contribution in [3.63, 3.8) is 0 Å². The second-order valence-corrected chi connectivity index (χ2v) is 9.29. The molecule has 0 bridgehead atoms. The van der Waals surface area contributed by atoms with Crippen molar-refractivity contribution in [3.05, 3.63) is 65.8 Å². The lowest BCUT2D eigenvalue weighted by atomic mass is 10.1. The molecule has 0 fully saturated rings. The molecule has 4 aromatic rings. The molecule has 0 unspecified atom stereocenters. The predicted molar refractivity (Wildman–Crippen MR) is 151 cm³/mol. The number of carbonyl (C=O) groups excluding carboxylic acids is 1.